The summed E-state index contributed by atoms with van der Waals surface area (Å²) < 4.78 is 10.8. The number of carbonyl (C=O) groups excluding carboxylic acids is 1. The summed E-state index contributed by atoms with van der Waals surface area (Å²) in [6.07, 6.45) is 0.361. The predicted octanol–water partition coefficient (Wildman–Crippen LogP) is 0.513. The van der Waals surface area contributed by atoms with Gasteiger partial charge in [0, 0.05) is 0 Å². The zero-order chi connectivity index (χ0) is 12.9. The van der Waals surface area contributed by atoms with Gasteiger partial charge in [-0.25, -0.2) is 4.79 Å². The van der Waals surface area contributed by atoms with Gasteiger partial charge >= 0.3 is 5.97 Å². The van der Waals surface area contributed by atoms with Gasteiger partial charge < -0.3 is 14.6 Å². The fourth-order valence-corrected chi connectivity index (χ4v) is 2.20. The molecule has 17 heavy (non-hydrogen) atoms. The summed E-state index contributed by atoms with van der Waals surface area (Å²) in [5, 5.41) is 10.3. The van der Waals surface area contributed by atoms with Crippen LogP contribution in [0.4, 0.5) is 0 Å². The van der Waals surface area contributed by atoms with E-state index in [0.717, 1.165) is 13.0 Å². The molecular formula is C12H24NO4+. The second-order valence-corrected chi connectivity index (χ2v) is 4.91. The molecule has 2 unspecified atom stereocenters. The van der Waals surface area contributed by atoms with Crippen LogP contribution in [0.25, 0.3) is 0 Å². The van der Waals surface area contributed by atoms with Crippen LogP contribution in [0.15, 0.2) is 0 Å². The van der Waals surface area contributed by atoms with Gasteiger partial charge in [0.1, 0.15) is 19.8 Å². The third-order valence-electron chi connectivity index (χ3n) is 3.12. The lowest BCUT2D eigenvalue weighted by molar-refractivity contribution is -0.969. The topological polar surface area (TPSA) is 55.8 Å². The first kappa shape index (κ1) is 14.4. The molecule has 1 aliphatic rings. The summed E-state index contributed by atoms with van der Waals surface area (Å²) in [4.78, 5) is 11.4. The molecule has 0 aromatic heterocycles. The van der Waals surface area contributed by atoms with Crippen molar-refractivity contribution in [2.45, 2.75) is 39.5 Å². The number of nitrogens with zero attached hydrogens (tertiary/aromatic N) is 1. The highest BCUT2D eigenvalue weighted by molar-refractivity contribution is 5.71. The quantitative estimate of drug-likeness (QED) is 0.548. The Kier molecular flexibility index (Phi) is 5.36. The number of hydrogen-bond acceptors (Lipinski definition) is 4. The highest BCUT2D eigenvalue weighted by atomic mass is 16.5. The number of aliphatic hydroxyl groups excluding tert-OH is 1. The van der Waals surface area contributed by atoms with Gasteiger partial charge in [-0.05, 0) is 20.3 Å². The molecule has 0 aromatic rings. The van der Waals surface area contributed by atoms with Crippen molar-refractivity contribution in [2.24, 2.45) is 0 Å². The SMILES string of the molecule is CCC[N+]1(C(O)COC(C)C)CCOC(=O)C1. The lowest BCUT2D eigenvalue weighted by atomic mass is 10.2. The number of quaternary nitrogens is 1. The van der Waals surface area contributed by atoms with Gasteiger partial charge in [0.15, 0.2) is 6.54 Å². The average molecular weight is 246 g/mol. The fraction of sp³-hybridized carbons (Fsp3) is 0.917. The largest absolute Gasteiger partial charge is 0.456 e. The number of aliphatic hydroxyl groups is 1. The van der Waals surface area contributed by atoms with Crippen molar-refractivity contribution in [1.29, 1.82) is 0 Å². The van der Waals surface area contributed by atoms with Crippen molar-refractivity contribution < 1.29 is 23.9 Å². The van der Waals surface area contributed by atoms with Crippen LogP contribution in [-0.2, 0) is 14.3 Å². The molecule has 1 N–H and O–H groups in total. The van der Waals surface area contributed by atoms with E-state index in [-0.39, 0.29) is 25.2 Å². The minimum Gasteiger partial charge on any atom is -0.456 e. The van der Waals surface area contributed by atoms with Crippen molar-refractivity contribution in [3.63, 3.8) is 0 Å². The summed E-state index contributed by atoms with van der Waals surface area (Å²) >= 11 is 0. The van der Waals surface area contributed by atoms with Crippen LogP contribution in [0, 0.1) is 0 Å². The zero-order valence-corrected chi connectivity index (χ0v) is 11.0. The summed E-state index contributed by atoms with van der Waals surface area (Å²) in [6.45, 7) is 8.26. The van der Waals surface area contributed by atoms with Crippen molar-refractivity contribution in [3.8, 4) is 0 Å². The van der Waals surface area contributed by atoms with Crippen LogP contribution in [0.1, 0.15) is 27.2 Å². The van der Waals surface area contributed by atoms with Crippen molar-refractivity contribution in [3.05, 3.63) is 0 Å². The molecule has 0 aliphatic carbocycles. The van der Waals surface area contributed by atoms with Gasteiger partial charge in [-0.15, -0.1) is 0 Å². The summed E-state index contributed by atoms with van der Waals surface area (Å²) in [6, 6.07) is 0. The second-order valence-electron chi connectivity index (χ2n) is 4.91. The maximum Gasteiger partial charge on any atom is 0.362 e. The van der Waals surface area contributed by atoms with Gasteiger partial charge in [-0.1, -0.05) is 6.92 Å². The van der Waals surface area contributed by atoms with E-state index in [9.17, 15) is 9.90 Å². The van der Waals surface area contributed by atoms with Crippen LogP contribution >= 0.6 is 0 Å². The Labute approximate surface area is 103 Å². The summed E-state index contributed by atoms with van der Waals surface area (Å²) in [5.41, 5.74) is 0. The summed E-state index contributed by atoms with van der Waals surface area (Å²) in [7, 11) is 0. The predicted molar refractivity (Wildman–Crippen MR) is 63.2 cm³/mol. The molecule has 0 bridgehead atoms. The van der Waals surface area contributed by atoms with E-state index < -0.39 is 6.23 Å². The Morgan fingerprint density at radius 1 is 1.53 bits per heavy atom. The first-order valence-corrected chi connectivity index (χ1v) is 6.31. The van der Waals surface area contributed by atoms with Crippen LogP contribution in [0.2, 0.25) is 0 Å². The second kappa shape index (κ2) is 6.33. The van der Waals surface area contributed by atoms with E-state index in [4.69, 9.17) is 9.47 Å². The van der Waals surface area contributed by atoms with E-state index in [1.165, 1.54) is 0 Å². The third kappa shape index (κ3) is 3.94. The standard InChI is InChI=1S/C12H24NO4/c1-4-5-13(6-7-16-12(15)8-13)11(14)9-17-10(2)3/h10-11,14H,4-9H2,1-3H3/q+1. The minimum atomic E-state index is -0.648. The van der Waals surface area contributed by atoms with E-state index in [1.807, 2.05) is 13.8 Å². The van der Waals surface area contributed by atoms with E-state index in [1.54, 1.807) is 0 Å². The van der Waals surface area contributed by atoms with Crippen molar-refractivity contribution >= 4 is 5.97 Å². The molecule has 1 saturated heterocycles. The van der Waals surface area contributed by atoms with Crippen LogP contribution in [0.3, 0.4) is 0 Å². The molecule has 5 heteroatoms. The van der Waals surface area contributed by atoms with E-state index >= 15 is 0 Å². The van der Waals surface area contributed by atoms with Gasteiger partial charge in [0.2, 0.25) is 6.23 Å². The van der Waals surface area contributed by atoms with Crippen LogP contribution in [-0.4, -0.2) is 60.7 Å². The average Bonchev–Trinajstić information content (AvgIpc) is 2.26. The molecule has 0 amide bonds. The fourth-order valence-electron chi connectivity index (χ4n) is 2.20. The first-order valence-electron chi connectivity index (χ1n) is 6.31. The number of ether oxygens (including phenoxy) is 2. The lowest BCUT2D eigenvalue weighted by Gasteiger charge is -2.43. The Bertz CT molecular complexity index is 253. The normalized spacial score (nSPS) is 27.0. The maximum atomic E-state index is 11.4. The highest BCUT2D eigenvalue weighted by Crippen LogP contribution is 2.18. The van der Waals surface area contributed by atoms with Crippen molar-refractivity contribution in [1.82, 2.24) is 0 Å². The molecule has 1 heterocycles. The van der Waals surface area contributed by atoms with E-state index in [2.05, 4.69) is 6.92 Å². The summed E-state index contributed by atoms with van der Waals surface area (Å²) in [5.74, 6) is -0.228. The third-order valence-corrected chi connectivity index (χ3v) is 3.12. The Morgan fingerprint density at radius 2 is 2.24 bits per heavy atom. The van der Waals surface area contributed by atoms with Crippen LogP contribution in [0.5, 0.6) is 0 Å². The first-order chi connectivity index (χ1) is 8.00. The molecule has 0 radical (unpaired) electrons. The van der Waals surface area contributed by atoms with Gasteiger partial charge in [0.25, 0.3) is 0 Å². The Balaban J connectivity index is 2.65. The molecule has 0 saturated carbocycles. The molecule has 2 atom stereocenters. The minimum absolute atomic E-state index is 0.0862. The molecule has 1 fully saturated rings. The number of hydrogen-bond donors (Lipinski definition) is 1. The van der Waals surface area contributed by atoms with Gasteiger partial charge in [-0.2, -0.15) is 0 Å². The number of rotatable bonds is 6. The van der Waals surface area contributed by atoms with Gasteiger partial charge in [0.05, 0.1) is 12.6 Å². The maximum absolute atomic E-state index is 11.4. The number of carbonyl (C=O) groups is 1. The van der Waals surface area contributed by atoms with E-state index in [0.29, 0.717) is 17.6 Å². The van der Waals surface area contributed by atoms with Gasteiger partial charge in [-0.3, -0.25) is 4.48 Å². The molecule has 5 nitrogen and oxygen atoms in total. The van der Waals surface area contributed by atoms with Crippen molar-refractivity contribution in [2.75, 3.05) is 32.8 Å². The number of esters is 1. The monoisotopic (exact) mass is 246 g/mol. The van der Waals surface area contributed by atoms with Crippen LogP contribution < -0.4 is 0 Å². The molecule has 1 aliphatic heterocycles. The molecule has 0 aromatic carbocycles. The highest BCUT2D eigenvalue weighted by Gasteiger charge is 2.41. The Hall–Kier alpha value is -0.650. The molecule has 1 rings (SSSR count). The lowest BCUT2D eigenvalue weighted by Crippen LogP contribution is -2.64. The smallest absolute Gasteiger partial charge is 0.362 e. The number of morpholine rings is 1. The zero-order valence-electron chi connectivity index (χ0n) is 11.0. The Morgan fingerprint density at radius 3 is 2.76 bits per heavy atom. The molecule has 0 spiro atoms. The molecular weight excluding hydrogens is 222 g/mol. The molecule has 100 valence electrons. The number of cyclic esters (lactones) is 1.